The van der Waals surface area contributed by atoms with E-state index in [1.165, 1.54) is 12.1 Å². The Hall–Kier alpha value is -2.96. The predicted molar refractivity (Wildman–Crippen MR) is 107 cm³/mol. The third kappa shape index (κ3) is 4.13. The molecule has 2 amide bonds. The lowest BCUT2D eigenvalue weighted by Crippen LogP contribution is -2.30. The molecule has 0 fully saturated rings. The van der Waals surface area contributed by atoms with E-state index >= 15 is 0 Å². The number of halogens is 1. The number of nitro groups is 1. The summed E-state index contributed by atoms with van der Waals surface area (Å²) in [5.41, 5.74) is 0.302. The molecule has 1 aromatic heterocycles. The number of hydrogen-bond donors (Lipinski definition) is 1. The maximum absolute atomic E-state index is 12.6. The molecule has 1 heterocycles. The predicted octanol–water partition coefficient (Wildman–Crippen LogP) is 4.22. The number of benzene rings is 1. The number of rotatable bonds is 6. The maximum Gasteiger partial charge on any atom is 0.288 e. The zero-order valence-electron chi connectivity index (χ0n) is 15.4. The van der Waals surface area contributed by atoms with E-state index in [0.29, 0.717) is 23.5 Å². The van der Waals surface area contributed by atoms with Crippen molar-refractivity contribution in [2.24, 2.45) is 0 Å². The van der Waals surface area contributed by atoms with Crippen LogP contribution in [0.5, 0.6) is 0 Å². The molecule has 2 aromatic rings. The molecule has 28 heavy (non-hydrogen) atoms. The van der Waals surface area contributed by atoms with Crippen LogP contribution in [0.25, 0.3) is 0 Å². The number of nitrogens with zero attached hydrogens (tertiary/aromatic N) is 3. The first-order chi connectivity index (χ1) is 13.2. The fourth-order valence-corrected chi connectivity index (χ4v) is 3.87. The van der Waals surface area contributed by atoms with Gasteiger partial charge in [0.15, 0.2) is 0 Å². The van der Waals surface area contributed by atoms with Crippen molar-refractivity contribution < 1.29 is 14.5 Å². The van der Waals surface area contributed by atoms with Gasteiger partial charge in [-0.1, -0.05) is 11.6 Å². The van der Waals surface area contributed by atoms with Crippen molar-refractivity contribution in [3.8, 4) is 6.07 Å². The van der Waals surface area contributed by atoms with Crippen molar-refractivity contribution in [3.05, 3.63) is 54.9 Å². The van der Waals surface area contributed by atoms with Gasteiger partial charge in [0, 0.05) is 24.7 Å². The molecule has 0 aliphatic heterocycles. The molecular formula is C18H17ClN4O4S. The molecule has 8 nitrogen and oxygen atoms in total. The SMILES string of the molecule is CCN(CC)C(=O)c1sc(NC(=O)c2ccc(Cl)c([N+](=O)[O-])c2)c(C#N)c1C. The van der Waals surface area contributed by atoms with Crippen molar-refractivity contribution in [1.29, 1.82) is 5.26 Å². The average molecular weight is 421 g/mol. The molecule has 0 spiro atoms. The van der Waals surface area contributed by atoms with Crippen LogP contribution in [0, 0.1) is 28.4 Å². The van der Waals surface area contributed by atoms with Crippen LogP contribution in [-0.4, -0.2) is 34.7 Å². The van der Waals surface area contributed by atoms with Crippen molar-refractivity contribution in [2.45, 2.75) is 20.8 Å². The Balaban J connectivity index is 2.39. The summed E-state index contributed by atoms with van der Waals surface area (Å²) in [4.78, 5) is 37.5. The number of nitriles is 1. The molecule has 0 radical (unpaired) electrons. The second kappa shape index (κ2) is 8.82. The molecule has 0 atom stereocenters. The van der Waals surface area contributed by atoms with Crippen LogP contribution in [0.15, 0.2) is 18.2 Å². The highest BCUT2D eigenvalue weighted by atomic mass is 35.5. The molecule has 0 aliphatic rings. The Morgan fingerprint density at radius 3 is 2.54 bits per heavy atom. The molecule has 0 saturated heterocycles. The second-order valence-corrected chi connectivity index (χ2v) is 7.15. The summed E-state index contributed by atoms with van der Waals surface area (Å²) in [7, 11) is 0. The van der Waals surface area contributed by atoms with Crippen LogP contribution < -0.4 is 5.32 Å². The van der Waals surface area contributed by atoms with Crippen molar-refractivity contribution >= 4 is 45.4 Å². The van der Waals surface area contributed by atoms with Gasteiger partial charge < -0.3 is 10.2 Å². The number of amides is 2. The van der Waals surface area contributed by atoms with E-state index < -0.39 is 16.5 Å². The molecule has 10 heteroatoms. The van der Waals surface area contributed by atoms with Gasteiger partial charge in [-0.2, -0.15) is 5.26 Å². The lowest BCUT2D eigenvalue weighted by atomic mass is 10.1. The molecular weight excluding hydrogens is 404 g/mol. The first kappa shape index (κ1) is 21.3. The number of carbonyl (C=O) groups excluding carboxylic acids is 2. The van der Waals surface area contributed by atoms with Gasteiger partial charge >= 0.3 is 0 Å². The molecule has 0 unspecified atom stereocenters. The first-order valence-corrected chi connectivity index (χ1v) is 9.52. The first-order valence-electron chi connectivity index (χ1n) is 8.33. The third-order valence-electron chi connectivity index (χ3n) is 4.14. The summed E-state index contributed by atoms with van der Waals surface area (Å²) in [5.74, 6) is -0.856. The highest BCUT2D eigenvalue weighted by Gasteiger charge is 2.25. The molecule has 2 rings (SSSR count). The van der Waals surface area contributed by atoms with Gasteiger partial charge in [-0.15, -0.1) is 11.3 Å². The fourth-order valence-electron chi connectivity index (χ4n) is 2.56. The van der Waals surface area contributed by atoms with Crippen LogP contribution in [0.3, 0.4) is 0 Å². The number of thiophene rings is 1. The number of hydrogen-bond acceptors (Lipinski definition) is 6. The van der Waals surface area contributed by atoms with E-state index in [2.05, 4.69) is 5.32 Å². The van der Waals surface area contributed by atoms with E-state index in [9.17, 15) is 25.0 Å². The lowest BCUT2D eigenvalue weighted by Gasteiger charge is -2.17. The second-order valence-electron chi connectivity index (χ2n) is 5.73. The Morgan fingerprint density at radius 2 is 2.00 bits per heavy atom. The average Bonchev–Trinajstić information content (AvgIpc) is 2.97. The minimum Gasteiger partial charge on any atom is -0.338 e. The van der Waals surface area contributed by atoms with Gasteiger partial charge in [0.05, 0.1) is 15.4 Å². The smallest absolute Gasteiger partial charge is 0.288 e. The molecule has 1 N–H and O–H groups in total. The van der Waals surface area contributed by atoms with Gasteiger partial charge in [0.1, 0.15) is 16.1 Å². The Bertz CT molecular complexity index is 992. The standard InChI is InChI=1S/C18H17ClN4O4S/c1-4-22(5-2)18(25)15-10(3)12(9-20)17(28-15)21-16(24)11-6-7-13(19)14(8-11)23(26)27/h6-8H,4-5H2,1-3H3,(H,21,24). The number of anilines is 1. The third-order valence-corrected chi connectivity index (χ3v) is 5.65. The summed E-state index contributed by atoms with van der Waals surface area (Å²) in [6, 6.07) is 5.67. The molecule has 0 aliphatic carbocycles. The Morgan fingerprint density at radius 1 is 1.36 bits per heavy atom. The number of carbonyl (C=O) groups is 2. The van der Waals surface area contributed by atoms with E-state index in [-0.39, 0.29) is 27.1 Å². The number of nitro benzene ring substituents is 1. The normalized spacial score (nSPS) is 10.2. The van der Waals surface area contributed by atoms with Crippen LogP contribution in [0.4, 0.5) is 10.7 Å². The topological polar surface area (TPSA) is 116 Å². The molecule has 1 aromatic carbocycles. The highest BCUT2D eigenvalue weighted by molar-refractivity contribution is 7.18. The van der Waals surface area contributed by atoms with Crippen LogP contribution in [-0.2, 0) is 0 Å². The zero-order chi connectivity index (χ0) is 21.0. The van der Waals surface area contributed by atoms with Crippen LogP contribution in [0.2, 0.25) is 5.02 Å². The van der Waals surface area contributed by atoms with E-state index in [1.54, 1.807) is 11.8 Å². The molecule has 0 bridgehead atoms. The van der Waals surface area contributed by atoms with Crippen LogP contribution >= 0.6 is 22.9 Å². The van der Waals surface area contributed by atoms with Crippen molar-refractivity contribution in [3.63, 3.8) is 0 Å². The Kier molecular flexibility index (Phi) is 6.72. The summed E-state index contributed by atoms with van der Waals surface area (Å²) in [5, 5.41) is 23.2. The number of nitrogens with one attached hydrogen (secondary N) is 1. The van der Waals surface area contributed by atoms with E-state index in [1.807, 2.05) is 19.9 Å². The zero-order valence-corrected chi connectivity index (χ0v) is 17.0. The lowest BCUT2D eigenvalue weighted by molar-refractivity contribution is -0.384. The van der Waals surface area contributed by atoms with Gasteiger partial charge in [-0.05, 0) is 38.5 Å². The summed E-state index contributed by atoms with van der Waals surface area (Å²) in [6.07, 6.45) is 0. The summed E-state index contributed by atoms with van der Waals surface area (Å²) in [6.45, 7) is 6.39. The summed E-state index contributed by atoms with van der Waals surface area (Å²) >= 11 is 6.77. The van der Waals surface area contributed by atoms with E-state index in [4.69, 9.17) is 11.6 Å². The Labute approximate surface area is 170 Å². The quantitative estimate of drug-likeness (QED) is 0.554. The van der Waals surface area contributed by atoms with Gasteiger partial charge in [-0.25, -0.2) is 0 Å². The fraction of sp³-hybridized carbons (Fsp3) is 0.278. The van der Waals surface area contributed by atoms with E-state index in [0.717, 1.165) is 17.4 Å². The van der Waals surface area contributed by atoms with Gasteiger partial charge in [0.25, 0.3) is 17.5 Å². The highest BCUT2D eigenvalue weighted by Crippen LogP contribution is 2.34. The van der Waals surface area contributed by atoms with Gasteiger partial charge in [0.2, 0.25) is 0 Å². The monoisotopic (exact) mass is 420 g/mol. The van der Waals surface area contributed by atoms with Gasteiger partial charge in [-0.3, -0.25) is 19.7 Å². The molecule has 146 valence electrons. The van der Waals surface area contributed by atoms with Crippen LogP contribution in [0.1, 0.15) is 45.0 Å². The molecule has 0 saturated carbocycles. The summed E-state index contributed by atoms with van der Waals surface area (Å²) < 4.78 is 0. The van der Waals surface area contributed by atoms with Crippen molar-refractivity contribution in [1.82, 2.24) is 4.90 Å². The van der Waals surface area contributed by atoms with Crippen molar-refractivity contribution in [2.75, 3.05) is 18.4 Å². The largest absolute Gasteiger partial charge is 0.338 e. The minimum absolute atomic E-state index is 0.0164. The minimum atomic E-state index is -0.685. The maximum atomic E-state index is 12.6.